The van der Waals surface area contributed by atoms with Crippen LogP contribution in [-0.2, 0) is 4.74 Å². The van der Waals surface area contributed by atoms with Gasteiger partial charge >= 0.3 is 0 Å². The molecule has 1 nitrogen and oxygen atoms in total. The Morgan fingerprint density at radius 3 is 2.76 bits per heavy atom. The Kier molecular flexibility index (Phi) is 4.82. The van der Waals surface area contributed by atoms with Crippen LogP contribution in [0, 0.1) is 23.7 Å². The minimum absolute atomic E-state index is 0.527. The molecule has 1 heterocycles. The molecule has 1 saturated carbocycles. The average Bonchev–Trinajstić information content (AvgIpc) is 2.67. The zero-order valence-corrected chi connectivity index (χ0v) is 12.5. The fourth-order valence-corrected chi connectivity index (χ4v) is 3.62. The molecule has 2 heteroatoms. The van der Waals surface area contributed by atoms with Gasteiger partial charge in [-0.25, -0.2) is 0 Å². The van der Waals surface area contributed by atoms with E-state index in [-0.39, 0.29) is 0 Å². The second-order valence-corrected chi connectivity index (χ2v) is 7.32. The minimum atomic E-state index is 0.527. The lowest BCUT2D eigenvalue weighted by Gasteiger charge is -2.31. The van der Waals surface area contributed by atoms with E-state index in [2.05, 4.69) is 33.4 Å². The van der Waals surface area contributed by atoms with Crippen LogP contribution in [0.4, 0.5) is 0 Å². The third kappa shape index (κ3) is 3.41. The molecule has 0 radical (unpaired) electrons. The van der Waals surface area contributed by atoms with E-state index in [1.165, 1.54) is 32.1 Å². The Hall–Kier alpha value is 0.310. The van der Waals surface area contributed by atoms with Crippen molar-refractivity contribution in [2.45, 2.75) is 64.2 Å². The first kappa shape index (κ1) is 13.7. The fraction of sp³-hybridized carbons (Fsp3) is 1.00. The number of hydrogen-bond donors (Lipinski definition) is 1. The molecule has 0 aromatic rings. The van der Waals surface area contributed by atoms with Gasteiger partial charge in [-0.15, -0.1) is 0 Å². The highest BCUT2D eigenvalue weighted by Crippen LogP contribution is 2.42. The quantitative estimate of drug-likeness (QED) is 0.743. The Balaban J connectivity index is 1.79. The zero-order valence-electron chi connectivity index (χ0n) is 11.6. The van der Waals surface area contributed by atoms with Crippen molar-refractivity contribution >= 4 is 12.6 Å². The van der Waals surface area contributed by atoms with E-state index in [0.717, 1.165) is 30.3 Å². The lowest BCUT2D eigenvalue weighted by atomic mass is 9.74. The summed E-state index contributed by atoms with van der Waals surface area (Å²) >= 11 is 4.54. The van der Waals surface area contributed by atoms with Crippen LogP contribution < -0.4 is 0 Å². The molecular weight excluding hydrogens is 228 g/mol. The maximum Gasteiger partial charge on any atom is 0.0609 e. The molecule has 0 N–H and O–H groups in total. The van der Waals surface area contributed by atoms with E-state index in [1.807, 2.05) is 0 Å². The summed E-state index contributed by atoms with van der Waals surface area (Å²) in [5, 5.41) is 0.527. The Bertz CT molecular complexity index is 241. The highest BCUT2D eigenvalue weighted by Gasteiger charge is 2.40. The van der Waals surface area contributed by atoms with Crippen LogP contribution in [0.3, 0.4) is 0 Å². The smallest absolute Gasteiger partial charge is 0.0609 e. The largest absolute Gasteiger partial charge is 0.378 e. The van der Waals surface area contributed by atoms with Gasteiger partial charge in [0.15, 0.2) is 0 Å². The van der Waals surface area contributed by atoms with Gasteiger partial charge in [0.1, 0.15) is 0 Å². The van der Waals surface area contributed by atoms with Crippen LogP contribution in [0.15, 0.2) is 0 Å². The molecule has 1 aliphatic heterocycles. The van der Waals surface area contributed by atoms with Crippen molar-refractivity contribution in [3.8, 4) is 0 Å². The van der Waals surface area contributed by atoms with E-state index in [1.54, 1.807) is 0 Å². The van der Waals surface area contributed by atoms with Gasteiger partial charge in [0.2, 0.25) is 0 Å². The summed E-state index contributed by atoms with van der Waals surface area (Å²) in [6, 6.07) is 0. The molecule has 6 unspecified atom stereocenters. The maximum atomic E-state index is 6.01. The van der Waals surface area contributed by atoms with Crippen LogP contribution in [0.25, 0.3) is 0 Å². The van der Waals surface area contributed by atoms with Gasteiger partial charge < -0.3 is 4.74 Å². The summed E-state index contributed by atoms with van der Waals surface area (Å²) in [4.78, 5) is 0. The fourth-order valence-electron chi connectivity index (χ4n) is 3.47. The molecule has 17 heavy (non-hydrogen) atoms. The summed E-state index contributed by atoms with van der Waals surface area (Å²) in [7, 11) is 0. The first-order chi connectivity index (χ1) is 8.08. The number of thiol groups is 1. The van der Waals surface area contributed by atoms with Crippen LogP contribution in [0.1, 0.15) is 52.9 Å². The average molecular weight is 256 g/mol. The molecule has 0 amide bonds. The highest BCUT2D eigenvalue weighted by molar-refractivity contribution is 7.80. The van der Waals surface area contributed by atoms with Crippen molar-refractivity contribution in [2.24, 2.45) is 23.7 Å². The van der Waals surface area contributed by atoms with Crippen molar-refractivity contribution in [3.63, 3.8) is 0 Å². The summed E-state index contributed by atoms with van der Waals surface area (Å²) < 4.78 is 6.01. The van der Waals surface area contributed by atoms with Gasteiger partial charge in [-0.05, 0) is 49.4 Å². The van der Waals surface area contributed by atoms with Gasteiger partial charge in [0, 0.05) is 5.25 Å². The lowest BCUT2D eigenvalue weighted by Crippen LogP contribution is -2.28. The topological polar surface area (TPSA) is 9.23 Å². The van der Waals surface area contributed by atoms with Gasteiger partial charge in [-0.1, -0.05) is 27.2 Å². The molecule has 2 fully saturated rings. The number of ether oxygens (including phenoxy) is 1. The molecule has 2 rings (SSSR count). The Labute approximate surface area is 112 Å². The molecule has 0 aromatic heterocycles. The predicted octanol–water partition coefficient (Wildman–Crippen LogP) is 4.17. The van der Waals surface area contributed by atoms with E-state index >= 15 is 0 Å². The van der Waals surface area contributed by atoms with E-state index in [0.29, 0.717) is 11.4 Å². The van der Waals surface area contributed by atoms with E-state index < -0.39 is 0 Å². The number of rotatable bonds is 4. The molecule has 0 aromatic carbocycles. The maximum absolute atomic E-state index is 6.01. The summed E-state index contributed by atoms with van der Waals surface area (Å²) in [6.07, 6.45) is 7.38. The standard InChI is InChI=1S/C15H28OS/c1-10-4-7-14-13(9-16-15(14)8-10)6-5-11(2)12(3)17/h10-15,17H,4-9H2,1-3H3. The first-order valence-electron chi connectivity index (χ1n) is 7.37. The van der Waals surface area contributed by atoms with Gasteiger partial charge in [-0.3, -0.25) is 0 Å². The molecular formula is C15H28OS. The second kappa shape index (κ2) is 5.97. The first-order valence-corrected chi connectivity index (χ1v) is 7.89. The minimum Gasteiger partial charge on any atom is -0.378 e. The molecule has 0 spiro atoms. The van der Waals surface area contributed by atoms with Crippen molar-refractivity contribution in [3.05, 3.63) is 0 Å². The molecule has 2 aliphatic rings. The number of hydrogen-bond acceptors (Lipinski definition) is 2. The van der Waals surface area contributed by atoms with E-state index in [4.69, 9.17) is 4.74 Å². The second-order valence-electron chi connectivity index (χ2n) is 6.51. The van der Waals surface area contributed by atoms with Crippen molar-refractivity contribution < 1.29 is 4.74 Å². The highest BCUT2D eigenvalue weighted by atomic mass is 32.1. The van der Waals surface area contributed by atoms with Gasteiger partial charge in [-0.2, -0.15) is 12.6 Å². The molecule has 1 saturated heterocycles. The molecule has 1 aliphatic carbocycles. The Morgan fingerprint density at radius 2 is 2.06 bits per heavy atom. The van der Waals surface area contributed by atoms with E-state index in [9.17, 15) is 0 Å². The van der Waals surface area contributed by atoms with Crippen LogP contribution >= 0.6 is 12.6 Å². The van der Waals surface area contributed by atoms with Crippen LogP contribution in [0.2, 0.25) is 0 Å². The lowest BCUT2D eigenvalue weighted by molar-refractivity contribution is 0.0494. The molecule has 0 bridgehead atoms. The third-order valence-corrected chi connectivity index (χ3v) is 5.56. The Morgan fingerprint density at radius 1 is 1.29 bits per heavy atom. The molecule has 100 valence electrons. The van der Waals surface area contributed by atoms with Crippen LogP contribution in [-0.4, -0.2) is 18.0 Å². The van der Waals surface area contributed by atoms with Crippen molar-refractivity contribution in [1.82, 2.24) is 0 Å². The third-order valence-electron chi connectivity index (χ3n) is 5.05. The van der Waals surface area contributed by atoms with Crippen molar-refractivity contribution in [2.75, 3.05) is 6.61 Å². The summed E-state index contributed by atoms with van der Waals surface area (Å²) in [5.41, 5.74) is 0. The zero-order chi connectivity index (χ0) is 12.4. The summed E-state index contributed by atoms with van der Waals surface area (Å²) in [6.45, 7) is 7.94. The molecule has 6 atom stereocenters. The van der Waals surface area contributed by atoms with Crippen LogP contribution in [0.5, 0.6) is 0 Å². The predicted molar refractivity (Wildman–Crippen MR) is 76.6 cm³/mol. The summed E-state index contributed by atoms with van der Waals surface area (Å²) in [5.74, 6) is 3.32. The number of fused-ring (bicyclic) bond motifs is 1. The SMILES string of the molecule is CC1CCC2C(CCC(C)C(C)S)COC2C1. The van der Waals surface area contributed by atoms with Gasteiger partial charge in [0.25, 0.3) is 0 Å². The monoisotopic (exact) mass is 256 g/mol. The normalized spacial score (nSPS) is 40.9. The van der Waals surface area contributed by atoms with Gasteiger partial charge in [0.05, 0.1) is 12.7 Å². The van der Waals surface area contributed by atoms with Crippen molar-refractivity contribution in [1.29, 1.82) is 0 Å².